The summed E-state index contributed by atoms with van der Waals surface area (Å²) in [7, 11) is 0. The van der Waals surface area contributed by atoms with Gasteiger partial charge in [0.15, 0.2) is 0 Å². The Morgan fingerprint density at radius 1 is 1.32 bits per heavy atom. The quantitative estimate of drug-likeness (QED) is 0.813. The van der Waals surface area contributed by atoms with E-state index in [4.69, 9.17) is 4.74 Å². The van der Waals surface area contributed by atoms with Crippen LogP contribution in [-0.4, -0.2) is 22.4 Å². The molecule has 0 radical (unpaired) electrons. The van der Waals surface area contributed by atoms with E-state index in [0.717, 1.165) is 15.9 Å². The third-order valence-corrected chi connectivity index (χ3v) is 3.37. The second-order valence-corrected chi connectivity index (χ2v) is 5.07. The molecule has 0 aliphatic rings. The molecule has 0 N–H and O–H groups in total. The Morgan fingerprint density at radius 2 is 1.95 bits per heavy atom. The summed E-state index contributed by atoms with van der Waals surface area (Å²) in [6, 6.07) is 7.77. The topological polar surface area (TPSA) is 44.1 Å². The van der Waals surface area contributed by atoms with Crippen molar-refractivity contribution in [3.63, 3.8) is 0 Å². The van der Waals surface area contributed by atoms with Crippen molar-refractivity contribution in [2.75, 3.05) is 6.61 Å². The van der Waals surface area contributed by atoms with E-state index in [1.54, 1.807) is 11.6 Å². The predicted molar refractivity (Wildman–Crippen MR) is 76.7 cm³/mol. The van der Waals surface area contributed by atoms with Gasteiger partial charge in [0.05, 0.1) is 23.7 Å². The van der Waals surface area contributed by atoms with E-state index in [1.165, 1.54) is 0 Å². The van der Waals surface area contributed by atoms with Gasteiger partial charge < -0.3 is 4.74 Å². The minimum absolute atomic E-state index is 0.319. The molecule has 0 aliphatic carbocycles. The predicted octanol–water partition coefficient (Wildman–Crippen LogP) is 3.43. The monoisotopic (exact) mass is 322 g/mol. The SMILES string of the molecule is CCOC(=O)c1c(C)nn(-c2ccc(Br)cc2)c1C. The van der Waals surface area contributed by atoms with Crippen molar-refractivity contribution in [1.29, 1.82) is 0 Å². The first-order valence-corrected chi connectivity index (χ1v) is 6.83. The number of nitrogens with zero attached hydrogens (tertiary/aromatic N) is 2. The Kier molecular flexibility index (Phi) is 4.04. The second-order valence-electron chi connectivity index (χ2n) is 4.15. The molecule has 0 saturated carbocycles. The zero-order valence-corrected chi connectivity index (χ0v) is 12.7. The number of aryl methyl sites for hydroxylation is 1. The van der Waals surface area contributed by atoms with Gasteiger partial charge in [-0.3, -0.25) is 0 Å². The van der Waals surface area contributed by atoms with Gasteiger partial charge in [0, 0.05) is 4.47 Å². The average Bonchev–Trinajstić information content (AvgIpc) is 2.66. The molecular formula is C14H15BrN2O2. The van der Waals surface area contributed by atoms with Gasteiger partial charge in [0.25, 0.3) is 0 Å². The summed E-state index contributed by atoms with van der Waals surface area (Å²) in [4.78, 5) is 11.9. The second kappa shape index (κ2) is 5.57. The Morgan fingerprint density at radius 3 is 2.53 bits per heavy atom. The highest BCUT2D eigenvalue weighted by Gasteiger charge is 2.20. The lowest BCUT2D eigenvalue weighted by molar-refractivity contribution is 0.0524. The van der Waals surface area contributed by atoms with Gasteiger partial charge in [0.1, 0.15) is 5.56 Å². The normalized spacial score (nSPS) is 10.5. The van der Waals surface area contributed by atoms with Crippen molar-refractivity contribution in [3.8, 4) is 5.69 Å². The summed E-state index contributed by atoms with van der Waals surface area (Å²) in [6.45, 7) is 5.84. The molecule has 0 unspecified atom stereocenters. The zero-order valence-electron chi connectivity index (χ0n) is 11.1. The Hall–Kier alpha value is -1.62. The minimum atomic E-state index is -0.319. The van der Waals surface area contributed by atoms with Crippen molar-refractivity contribution in [1.82, 2.24) is 9.78 Å². The molecule has 100 valence electrons. The molecule has 1 heterocycles. The molecule has 0 aliphatic heterocycles. The largest absolute Gasteiger partial charge is 0.462 e. The maximum atomic E-state index is 11.9. The van der Waals surface area contributed by atoms with E-state index in [9.17, 15) is 4.79 Å². The molecule has 2 aromatic rings. The first-order valence-electron chi connectivity index (χ1n) is 6.04. The van der Waals surface area contributed by atoms with Crippen LogP contribution in [0.5, 0.6) is 0 Å². The van der Waals surface area contributed by atoms with Crippen molar-refractivity contribution >= 4 is 21.9 Å². The molecule has 0 spiro atoms. The Labute approximate surface area is 120 Å². The molecule has 5 heteroatoms. The highest BCUT2D eigenvalue weighted by atomic mass is 79.9. The number of aromatic nitrogens is 2. The molecule has 1 aromatic carbocycles. The van der Waals surface area contributed by atoms with Crippen LogP contribution in [0.4, 0.5) is 0 Å². The number of carbonyl (C=O) groups excluding carboxylic acids is 1. The summed E-state index contributed by atoms with van der Waals surface area (Å²) >= 11 is 3.40. The summed E-state index contributed by atoms with van der Waals surface area (Å²) in [5.41, 5.74) is 2.93. The molecular weight excluding hydrogens is 308 g/mol. The fourth-order valence-corrected chi connectivity index (χ4v) is 2.24. The number of hydrogen-bond donors (Lipinski definition) is 0. The molecule has 2 rings (SSSR count). The molecule has 1 aromatic heterocycles. The fourth-order valence-electron chi connectivity index (χ4n) is 1.98. The Balaban J connectivity index is 2.46. The lowest BCUT2D eigenvalue weighted by Gasteiger charge is -2.05. The number of halogens is 1. The minimum Gasteiger partial charge on any atom is -0.462 e. The summed E-state index contributed by atoms with van der Waals surface area (Å²) in [6.07, 6.45) is 0. The van der Waals surface area contributed by atoms with Crippen LogP contribution in [0.25, 0.3) is 5.69 Å². The van der Waals surface area contributed by atoms with Crippen LogP contribution in [0.2, 0.25) is 0 Å². The highest BCUT2D eigenvalue weighted by molar-refractivity contribution is 9.10. The van der Waals surface area contributed by atoms with Crippen LogP contribution in [0.15, 0.2) is 28.7 Å². The van der Waals surface area contributed by atoms with Crippen LogP contribution in [0, 0.1) is 13.8 Å². The first-order chi connectivity index (χ1) is 9.04. The third kappa shape index (κ3) is 2.71. The summed E-state index contributed by atoms with van der Waals surface area (Å²) in [5.74, 6) is -0.319. The number of esters is 1. The van der Waals surface area contributed by atoms with Gasteiger partial charge in [-0.05, 0) is 45.0 Å². The third-order valence-electron chi connectivity index (χ3n) is 2.84. The van der Waals surface area contributed by atoms with Crippen LogP contribution in [0.3, 0.4) is 0 Å². The van der Waals surface area contributed by atoms with Crippen molar-refractivity contribution in [3.05, 3.63) is 45.7 Å². The van der Waals surface area contributed by atoms with Crippen LogP contribution >= 0.6 is 15.9 Å². The standard InChI is InChI=1S/C14H15BrN2O2/c1-4-19-14(18)13-9(2)16-17(10(13)3)12-7-5-11(15)6-8-12/h5-8H,4H2,1-3H3. The number of benzene rings is 1. The highest BCUT2D eigenvalue weighted by Crippen LogP contribution is 2.20. The lowest BCUT2D eigenvalue weighted by Crippen LogP contribution is -2.07. The summed E-state index contributed by atoms with van der Waals surface area (Å²) < 4.78 is 7.82. The Bertz CT molecular complexity index is 603. The van der Waals surface area contributed by atoms with Gasteiger partial charge in [-0.15, -0.1) is 0 Å². The van der Waals surface area contributed by atoms with Crippen molar-refractivity contribution in [2.45, 2.75) is 20.8 Å². The molecule has 4 nitrogen and oxygen atoms in total. The maximum Gasteiger partial charge on any atom is 0.341 e. The van der Waals surface area contributed by atoms with E-state index in [2.05, 4.69) is 21.0 Å². The molecule has 0 atom stereocenters. The smallest absolute Gasteiger partial charge is 0.341 e. The number of ether oxygens (including phenoxy) is 1. The van der Waals surface area contributed by atoms with Gasteiger partial charge in [-0.25, -0.2) is 9.48 Å². The van der Waals surface area contributed by atoms with E-state index in [-0.39, 0.29) is 5.97 Å². The van der Waals surface area contributed by atoms with Gasteiger partial charge in [-0.1, -0.05) is 15.9 Å². The molecule has 0 fully saturated rings. The first kappa shape index (κ1) is 13.8. The van der Waals surface area contributed by atoms with Gasteiger partial charge in [0.2, 0.25) is 0 Å². The average molecular weight is 323 g/mol. The molecule has 0 amide bonds. The van der Waals surface area contributed by atoms with Crippen LogP contribution in [0.1, 0.15) is 28.7 Å². The lowest BCUT2D eigenvalue weighted by atomic mass is 10.2. The number of hydrogen-bond acceptors (Lipinski definition) is 3. The fraction of sp³-hybridized carbons (Fsp3) is 0.286. The molecule has 19 heavy (non-hydrogen) atoms. The molecule has 0 saturated heterocycles. The van der Waals surface area contributed by atoms with Crippen molar-refractivity contribution < 1.29 is 9.53 Å². The van der Waals surface area contributed by atoms with Crippen LogP contribution in [-0.2, 0) is 4.74 Å². The number of carbonyl (C=O) groups is 1. The van der Waals surface area contributed by atoms with Gasteiger partial charge in [-0.2, -0.15) is 5.10 Å². The van der Waals surface area contributed by atoms with Crippen molar-refractivity contribution in [2.24, 2.45) is 0 Å². The van der Waals surface area contributed by atoms with E-state index < -0.39 is 0 Å². The maximum absolute atomic E-state index is 11.9. The van der Waals surface area contributed by atoms with Crippen LogP contribution < -0.4 is 0 Å². The zero-order chi connectivity index (χ0) is 14.0. The van der Waals surface area contributed by atoms with Gasteiger partial charge >= 0.3 is 5.97 Å². The number of rotatable bonds is 3. The summed E-state index contributed by atoms with van der Waals surface area (Å²) in [5, 5.41) is 4.41. The molecule has 0 bridgehead atoms. The van der Waals surface area contributed by atoms with E-state index in [1.807, 2.05) is 38.1 Å². The van der Waals surface area contributed by atoms with E-state index >= 15 is 0 Å². The van der Waals surface area contributed by atoms with E-state index in [0.29, 0.717) is 17.9 Å².